The summed E-state index contributed by atoms with van der Waals surface area (Å²) in [5, 5.41) is 0.112. The first-order chi connectivity index (χ1) is 6.40. The summed E-state index contributed by atoms with van der Waals surface area (Å²) in [6, 6.07) is 3.60. The van der Waals surface area contributed by atoms with Crippen LogP contribution in [0.4, 0.5) is 13.2 Å². The number of hydrogen-bond donors (Lipinski definition) is 0. The van der Waals surface area contributed by atoms with Crippen LogP contribution in [0, 0.1) is 0 Å². The number of thioether (sulfide) groups is 1. The van der Waals surface area contributed by atoms with E-state index in [0.717, 1.165) is 12.1 Å². The molecule has 0 atom stereocenters. The minimum Gasteiger partial charge on any atom is -0.298 e. The molecule has 0 saturated carbocycles. The quantitative estimate of drug-likeness (QED) is 0.578. The molecular formula is C8H4ClF3OS. The number of hydrogen-bond acceptors (Lipinski definition) is 2. The highest BCUT2D eigenvalue weighted by atomic mass is 35.5. The highest BCUT2D eigenvalue weighted by Gasteiger charge is 2.29. The molecule has 0 bridgehead atoms. The van der Waals surface area contributed by atoms with Crippen LogP contribution in [0.3, 0.4) is 0 Å². The average Bonchev–Trinajstić information content (AvgIpc) is 1.99. The first-order valence-electron chi connectivity index (χ1n) is 3.42. The molecule has 0 aliphatic rings. The molecule has 0 N–H and O–H groups in total. The van der Waals surface area contributed by atoms with Gasteiger partial charge in [-0.15, -0.1) is 0 Å². The Morgan fingerprint density at radius 2 is 1.93 bits per heavy atom. The van der Waals surface area contributed by atoms with Crippen molar-refractivity contribution in [3.05, 3.63) is 28.8 Å². The van der Waals surface area contributed by atoms with E-state index in [1.807, 2.05) is 0 Å². The third kappa shape index (κ3) is 3.59. The molecule has 0 fully saturated rings. The van der Waals surface area contributed by atoms with Gasteiger partial charge < -0.3 is 0 Å². The largest absolute Gasteiger partial charge is 0.446 e. The van der Waals surface area contributed by atoms with Gasteiger partial charge in [0.25, 0.3) is 0 Å². The van der Waals surface area contributed by atoms with E-state index in [4.69, 9.17) is 11.6 Å². The van der Waals surface area contributed by atoms with Gasteiger partial charge in [0.1, 0.15) is 6.29 Å². The molecule has 0 amide bonds. The van der Waals surface area contributed by atoms with Crippen LogP contribution in [0.15, 0.2) is 23.1 Å². The van der Waals surface area contributed by atoms with Crippen LogP contribution >= 0.6 is 23.4 Å². The number of alkyl halides is 3. The van der Waals surface area contributed by atoms with E-state index in [1.165, 1.54) is 6.07 Å². The zero-order valence-electron chi connectivity index (χ0n) is 6.64. The summed E-state index contributed by atoms with van der Waals surface area (Å²) in [5.41, 5.74) is -4.24. The fourth-order valence-corrected chi connectivity index (χ4v) is 1.80. The zero-order chi connectivity index (χ0) is 10.8. The van der Waals surface area contributed by atoms with Crippen molar-refractivity contribution in [2.24, 2.45) is 0 Å². The van der Waals surface area contributed by atoms with E-state index in [0.29, 0.717) is 6.29 Å². The van der Waals surface area contributed by atoms with Crippen molar-refractivity contribution in [1.29, 1.82) is 0 Å². The smallest absolute Gasteiger partial charge is 0.298 e. The first-order valence-corrected chi connectivity index (χ1v) is 4.62. The minimum absolute atomic E-state index is 0.0906. The lowest BCUT2D eigenvalue weighted by Gasteiger charge is -2.06. The Balaban J connectivity index is 2.98. The molecule has 14 heavy (non-hydrogen) atoms. The lowest BCUT2D eigenvalue weighted by Crippen LogP contribution is -1.99. The van der Waals surface area contributed by atoms with Gasteiger partial charge in [0, 0.05) is 15.5 Å². The first kappa shape index (κ1) is 11.4. The average molecular weight is 241 g/mol. The molecule has 1 aromatic carbocycles. The molecular weight excluding hydrogens is 237 g/mol. The monoisotopic (exact) mass is 240 g/mol. The van der Waals surface area contributed by atoms with E-state index in [1.54, 1.807) is 0 Å². The van der Waals surface area contributed by atoms with Gasteiger partial charge in [0.05, 0.1) is 0 Å². The summed E-state index contributed by atoms with van der Waals surface area (Å²) >= 11 is 5.22. The number of carbonyl (C=O) groups excluding carboxylic acids is 1. The Hall–Kier alpha value is -0.680. The van der Waals surface area contributed by atoms with Crippen LogP contribution in [0.2, 0.25) is 5.02 Å². The molecule has 1 aromatic rings. The maximum Gasteiger partial charge on any atom is 0.446 e. The number of benzene rings is 1. The number of carbonyl (C=O) groups is 1. The molecule has 0 aromatic heterocycles. The normalized spacial score (nSPS) is 11.4. The fourth-order valence-electron chi connectivity index (χ4n) is 0.845. The van der Waals surface area contributed by atoms with E-state index in [2.05, 4.69) is 0 Å². The van der Waals surface area contributed by atoms with Crippen LogP contribution in [0.5, 0.6) is 0 Å². The molecule has 0 spiro atoms. The lowest BCUT2D eigenvalue weighted by molar-refractivity contribution is -0.0328. The molecule has 0 saturated heterocycles. The van der Waals surface area contributed by atoms with Crippen molar-refractivity contribution in [2.75, 3.05) is 0 Å². The number of aldehydes is 1. The second kappa shape index (κ2) is 4.23. The predicted octanol–water partition coefficient (Wildman–Crippen LogP) is 3.76. The fraction of sp³-hybridized carbons (Fsp3) is 0.125. The third-order valence-corrected chi connectivity index (χ3v) is 2.18. The van der Waals surface area contributed by atoms with Gasteiger partial charge in [-0.05, 0) is 30.0 Å². The summed E-state index contributed by atoms with van der Waals surface area (Å²) in [4.78, 5) is 10.2. The maximum absolute atomic E-state index is 11.9. The van der Waals surface area contributed by atoms with Crippen LogP contribution < -0.4 is 0 Å². The third-order valence-electron chi connectivity index (χ3n) is 1.26. The van der Waals surface area contributed by atoms with Gasteiger partial charge in [-0.25, -0.2) is 0 Å². The van der Waals surface area contributed by atoms with Crippen molar-refractivity contribution in [3.8, 4) is 0 Å². The van der Waals surface area contributed by atoms with Crippen LogP contribution in [-0.4, -0.2) is 11.8 Å². The van der Waals surface area contributed by atoms with Gasteiger partial charge in [-0.2, -0.15) is 13.2 Å². The standard InChI is InChI=1S/C8H4ClF3OS/c9-6-1-5(4-13)2-7(3-6)14-8(10,11)12/h1-4H. The Bertz CT molecular complexity index is 351. The van der Waals surface area contributed by atoms with Gasteiger partial charge >= 0.3 is 5.51 Å². The van der Waals surface area contributed by atoms with Crippen LogP contribution in [0.25, 0.3) is 0 Å². The Morgan fingerprint density at radius 1 is 1.29 bits per heavy atom. The Morgan fingerprint density at radius 3 is 2.43 bits per heavy atom. The predicted molar refractivity (Wildman–Crippen MR) is 48.8 cm³/mol. The SMILES string of the molecule is O=Cc1cc(Cl)cc(SC(F)(F)F)c1. The van der Waals surface area contributed by atoms with E-state index >= 15 is 0 Å². The van der Waals surface area contributed by atoms with Gasteiger partial charge in [0.15, 0.2) is 0 Å². The Labute approximate surface area is 87.2 Å². The number of halogens is 4. The summed E-state index contributed by atoms with van der Waals surface area (Å²) in [6.07, 6.45) is 0.451. The van der Waals surface area contributed by atoms with Crippen molar-refractivity contribution in [1.82, 2.24) is 0 Å². The van der Waals surface area contributed by atoms with E-state index < -0.39 is 5.51 Å². The maximum atomic E-state index is 11.9. The highest BCUT2D eigenvalue weighted by Crippen LogP contribution is 2.37. The molecule has 76 valence electrons. The molecule has 0 radical (unpaired) electrons. The molecule has 1 rings (SSSR count). The van der Waals surface area contributed by atoms with Gasteiger partial charge in [0.2, 0.25) is 0 Å². The van der Waals surface area contributed by atoms with Crippen molar-refractivity contribution >= 4 is 29.6 Å². The molecule has 0 heterocycles. The summed E-state index contributed by atoms with van der Waals surface area (Å²) in [5.74, 6) is 0. The van der Waals surface area contributed by atoms with E-state index in [-0.39, 0.29) is 27.2 Å². The minimum atomic E-state index is -4.37. The van der Waals surface area contributed by atoms with Crippen molar-refractivity contribution < 1.29 is 18.0 Å². The zero-order valence-corrected chi connectivity index (χ0v) is 8.21. The molecule has 0 aliphatic carbocycles. The van der Waals surface area contributed by atoms with Gasteiger partial charge in [-0.1, -0.05) is 11.6 Å². The molecule has 6 heteroatoms. The van der Waals surface area contributed by atoms with E-state index in [9.17, 15) is 18.0 Å². The van der Waals surface area contributed by atoms with Crippen molar-refractivity contribution in [2.45, 2.75) is 10.4 Å². The summed E-state index contributed by atoms with van der Waals surface area (Å²) in [7, 11) is 0. The topological polar surface area (TPSA) is 17.1 Å². The number of rotatable bonds is 2. The summed E-state index contributed by atoms with van der Waals surface area (Å²) in [6.45, 7) is 0. The van der Waals surface area contributed by atoms with Crippen LogP contribution in [-0.2, 0) is 0 Å². The molecule has 0 unspecified atom stereocenters. The second-order valence-electron chi connectivity index (χ2n) is 2.39. The molecule has 0 aliphatic heterocycles. The highest BCUT2D eigenvalue weighted by molar-refractivity contribution is 8.00. The Kier molecular flexibility index (Phi) is 3.44. The van der Waals surface area contributed by atoms with Gasteiger partial charge in [-0.3, -0.25) is 4.79 Å². The van der Waals surface area contributed by atoms with Crippen molar-refractivity contribution in [3.63, 3.8) is 0 Å². The second-order valence-corrected chi connectivity index (χ2v) is 3.96. The molecule has 1 nitrogen and oxygen atoms in total. The van der Waals surface area contributed by atoms with Crippen LogP contribution in [0.1, 0.15) is 10.4 Å². The lowest BCUT2D eigenvalue weighted by atomic mass is 10.2. The summed E-state index contributed by atoms with van der Waals surface area (Å²) < 4.78 is 35.8.